The van der Waals surface area contributed by atoms with E-state index in [0.29, 0.717) is 28.8 Å². The van der Waals surface area contributed by atoms with E-state index < -0.39 is 0 Å². The molecule has 1 aromatic carbocycles. The summed E-state index contributed by atoms with van der Waals surface area (Å²) in [6, 6.07) is 10.3. The van der Waals surface area contributed by atoms with Crippen molar-refractivity contribution in [1.82, 2.24) is 10.2 Å². The van der Waals surface area contributed by atoms with Gasteiger partial charge in [0.25, 0.3) is 0 Å². The lowest BCUT2D eigenvalue weighted by atomic mass is 10.0. The Morgan fingerprint density at radius 1 is 1.25 bits per heavy atom. The van der Waals surface area contributed by atoms with Gasteiger partial charge in [0, 0.05) is 6.54 Å². The third-order valence-electron chi connectivity index (χ3n) is 3.09. The Morgan fingerprint density at radius 3 is 2.55 bits per heavy atom. The summed E-state index contributed by atoms with van der Waals surface area (Å²) < 4.78 is 0. The fourth-order valence-electron chi connectivity index (χ4n) is 1.87. The van der Waals surface area contributed by atoms with Gasteiger partial charge in [-0.25, -0.2) is 0 Å². The molecule has 0 saturated carbocycles. The number of nitrogens with two attached hydrogens (primary N) is 1. The first-order valence-electron chi connectivity index (χ1n) is 6.52. The quantitative estimate of drug-likeness (QED) is 0.828. The number of hydrogen-bond donors (Lipinski definition) is 2. The van der Waals surface area contributed by atoms with E-state index in [2.05, 4.69) is 53.6 Å². The predicted molar refractivity (Wildman–Crippen MR) is 85.8 cm³/mol. The molecule has 0 unspecified atom stereocenters. The maximum atomic E-state index is 5.66. The fraction of sp³-hybridized carbons (Fsp3) is 0.267. The Morgan fingerprint density at radius 2 is 1.95 bits per heavy atom. The van der Waals surface area contributed by atoms with Crippen LogP contribution in [0.2, 0.25) is 0 Å². The molecule has 0 saturated heterocycles. The minimum atomic E-state index is 0.317. The minimum absolute atomic E-state index is 0.317. The smallest absolute Gasteiger partial charge is 0.159 e. The molecule has 1 heterocycles. The SMILES string of the molecule is CC(C)c1ccc(CNc2nnccc2C(N)=S)cc1. The first kappa shape index (κ1) is 14.4. The van der Waals surface area contributed by atoms with E-state index >= 15 is 0 Å². The third-order valence-corrected chi connectivity index (χ3v) is 3.31. The van der Waals surface area contributed by atoms with Crippen LogP contribution in [0.4, 0.5) is 5.82 Å². The van der Waals surface area contributed by atoms with Gasteiger partial charge in [-0.05, 0) is 23.1 Å². The molecule has 104 valence electrons. The summed E-state index contributed by atoms with van der Waals surface area (Å²) in [5.41, 5.74) is 8.88. The van der Waals surface area contributed by atoms with Crippen LogP contribution < -0.4 is 11.1 Å². The fourth-order valence-corrected chi connectivity index (χ4v) is 2.03. The van der Waals surface area contributed by atoms with Gasteiger partial charge in [0.1, 0.15) is 4.99 Å². The molecule has 5 heteroatoms. The molecule has 0 bridgehead atoms. The molecule has 4 nitrogen and oxygen atoms in total. The van der Waals surface area contributed by atoms with Crippen molar-refractivity contribution < 1.29 is 0 Å². The Kier molecular flexibility index (Phi) is 4.63. The van der Waals surface area contributed by atoms with Crippen molar-refractivity contribution in [2.24, 2.45) is 5.73 Å². The number of aromatic nitrogens is 2. The van der Waals surface area contributed by atoms with E-state index in [-0.39, 0.29) is 0 Å². The van der Waals surface area contributed by atoms with Crippen molar-refractivity contribution >= 4 is 23.0 Å². The van der Waals surface area contributed by atoms with Gasteiger partial charge in [-0.3, -0.25) is 0 Å². The van der Waals surface area contributed by atoms with Crippen LogP contribution in [-0.4, -0.2) is 15.2 Å². The second kappa shape index (κ2) is 6.43. The van der Waals surface area contributed by atoms with Gasteiger partial charge in [0.15, 0.2) is 5.82 Å². The highest BCUT2D eigenvalue weighted by Crippen LogP contribution is 2.16. The molecule has 0 atom stereocenters. The standard InChI is InChI=1S/C15H18N4S/c1-10(2)12-5-3-11(4-6-12)9-17-15-13(14(16)20)7-8-18-19-15/h3-8,10H,9H2,1-2H3,(H2,16,20)(H,17,19). The zero-order valence-electron chi connectivity index (χ0n) is 11.6. The largest absolute Gasteiger partial charge is 0.389 e. The normalized spacial score (nSPS) is 10.6. The maximum absolute atomic E-state index is 5.66. The van der Waals surface area contributed by atoms with Gasteiger partial charge in [-0.15, -0.1) is 5.10 Å². The number of nitrogens with one attached hydrogen (secondary N) is 1. The second-order valence-electron chi connectivity index (χ2n) is 4.91. The third kappa shape index (κ3) is 3.51. The van der Waals surface area contributed by atoms with E-state index in [0.717, 1.165) is 0 Å². The van der Waals surface area contributed by atoms with Crippen molar-refractivity contribution in [3.8, 4) is 0 Å². The van der Waals surface area contributed by atoms with Crippen LogP contribution in [0.1, 0.15) is 36.5 Å². The first-order chi connectivity index (χ1) is 9.58. The number of rotatable bonds is 5. The summed E-state index contributed by atoms with van der Waals surface area (Å²) in [7, 11) is 0. The van der Waals surface area contributed by atoms with E-state index in [1.807, 2.05) is 0 Å². The van der Waals surface area contributed by atoms with Gasteiger partial charge in [-0.2, -0.15) is 5.10 Å². The molecule has 0 aliphatic rings. The van der Waals surface area contributed by atoms with Crippen LogP contribution in [0.25, 0.3) is 0 Å². The Labute approximate surface area is 124 Å². The molecule has 2 aromatic rings. The van der Waals surface area contributed by atoms with Crippen molar-refractivity contribution in [2.45, 2.75) is 26.3 Å². The van der Waals surface area contributed by atoms with Crippen molar-refractivity contribution in [1.29, 1.82) is 0 Å². The Balaban J connectivity index is 2.07. The molecule has 0 aliphatic carbocycles. The monoisotopic (exact) mass is 286 g/mol. The van der Waals surface area contributed by atoms with Crippen molar-refractivity contribution in [3.63, 3.8) is 0 Å². The Hall–Kier alpha value is -2.01. The molecule has 20 heavy (non-hydrogen) atoms. The van der Waals surface area contributed by atoms with Crippen LogP contribution >= 0.6 is 12.2 Å². The van der Waals surface area contributed by atoms with E-state index in [9.17, 15) is 0 Å². The van der Waals surface area contributed by atoms with Crippen LogP contribution in [0.3, 0.4) is 0 Å². The lowest BCUT2D eigenvalue weighted by Gasteiger charge is -2.10. The lowest BCUT2D eigenvalue weighted by Crippen LogP contribution is -2.14. The highest BCUT2D eigenvalue weighted by atomic mass is 32.1. The van der Waals surface area contributed by atoms with Gasteiger partial charge in [0.2, 0.25) is 0 Å². The number of benzene rings is 1. The average Bonchev–Trinajstić information content (AvgIpc) is 2.45. The van der Waals surface area contributed by atoms with Crippen molar-refractivity contribution in [2.75, 3.05) is 5.32 Å². The zero-order valence-corrected chi connectivity index (χ0v) is 12.4. The Bertz CT molecular complexity index is 593. The van der Waals surface area contributed by atoms with E-state index in [4.69, 9.17) is 18.0 Å². The van der Waals surface area contributed by atoms with Gasteiger partial charge in [0.05, 0.1) is 11.8 Å². The molecule has 0 radical (unpaired) electrons. The topological polar surface area (TPSA) is 63.8 Å². The summed E-state index contributed by atoms with van der Waals surface area (Å²) in [4.78, 5) is 0.317. The molecule has 3 N–H and O–H groups in total. The van der Waals surface area contributed by atoms with Crippen LogP contribution in [0, 0.1) is 0 Å². The zero-order chi connectivity index (χ0) is 14.5. The van der Waals surface area contributed by atoms with Gasteiger partial charge < -0.3 is 11.1 Å². The number of anilines is 1. The molecular formula is C15H18N4S. The maximum Gasteiger partial charge on any atom is 0.159 e. The average molecular weight is 286 g/mol. The van der Waals surface area contributed by atoms with Crippen LogP contribution in [-0.2, 0) is 6.54 Å². The minimum Gasteiger partial charge on any atom is -0.389 e. The number of nitrogens with zero attached hydrogens (tertiary/aromatic N) is 2. The highest BCUT2D eigenvalue weighted by Gasteiger charge is 2.06. The lowest BCUT2D eigenvalue weighted by molar-refractivity contribution is 0.865. The predicted octanol–water partition coefficient (Wildman–Crippen LogP) is 2.85. The second-order valence-corrected chi connectivity index (χ2v) is 5.35. The molecule has 0 amide bonds. The molecule has 0 spiro atoms. The molecule has 0 fully saturated rings. The van der Waals surface area contributed by atoms with E-state index in [1.54, 1.807) is 12.3 Å². The molecule has 2 rings (SSSR count). The van der Waals surface area contributed by atoms with Crippen molar-refractivity contribution in [3.05, 3.63) is 53.2 Å². The van der Waals surface area contributed by atoms with Crippen LogP contribution in [0.5, 0.6) is 0 Å². The molecule has 0 aliphatic heterocycles. The summed E-state index contributed by atoms with van der Waals surface area (Å²) >= 11 is 5.00. The number of hydrogen-bond acceptors (Lipinski definition) is 4. The van der Waals surface area contributed by atoms with Gasteiger partial charge >= 0.3 is 0 Å². The number of thiocarbonyl (C=S) groups is 1. The first-order valence-corrected chi connectivity index (χ1v) is 6.93. The molecular weight excluding hydrogens is 268 g/mol. The summed E-state index contributed by atoms with van der Waals surface area (Å²) in [5.74, 6) is 1.16. The highest BCUT2D eigenvalue weighted by molar-refractivity contribution is 7.80. The van der Waals surface area contributed by atoms with Crippen LogP contribution in [0.15, 0.2) is 36.5 Å². The van der Waals surface area contributed by atoms with Gasteiger partial charge in [-0.1, -0.05) is 50.3 Å². The summed E-state index contributed by atoms with van der Waals surface area (Å²) in [6.45, 7) is 5.02. The van der Waals surface area contributed by atoms with E-state index in [1.165, 1.54) is 11.1 Å². The summed E-state index contributed by atoms with van der Waals surface area (Å²) in [5, 5.41) is 11.1. The summed E-state index contributed by atoms with van der Waals surface area (Å²) in [6.07, 6.45) is 1.58. The molecule has 1 aromatic heterocycles.